The molecule has 0 aliphatic carbocycles. The highest BCUT2D eigenvalue weighted by molar-refractivity contribution is 7.92. The van der Waals surface area contributed by atoms with Gasteiger partial charge in [-0.25, -0.2) is 9.37 Å². The van der Waals surface area contributed by atoms with Gasteiger partial charge in [-0.15, -0.1) is 0 Å². The molecule has 0 saturated carbocycles. The van der Waals surface area contributed by atoms with Crippen LogP contribution in [-0.2, 0) is 10.0 Å². The third kappa shape index (κ3) is 2.80. The van der Waals surface area contributed by atoms with E-state index in [-0.39, 0.29) is 16.4 Å². The van der Waals surface area contributed by atoms with Gasteiger partial charge in [-0.1, -0.05) is 12.1 Å². The molecule has 0 saturated heterocycles. The van der Waals surface area contributed by atoms with E-state index in [2.05, 4.69) is 15.1 Å². The van der Waals surface area contributed by atoms with Crippen LogP contribution in [0.2, 0.25) is 0 Å². The Morgan fingerprint density at radius 1 is 1.11 bits per heavy atom. The fourth-order valence-corrected chi connectivity index (χ4v) is 2.62. The monoisotopic (exact) mass is 282 g/mol. The number of rotatable bonds is 4. The second-order valence-corrected chi connectivity index (χ2v) is 5.18. The standard InChI is InChI=1S/C11H11FN4O2S/c12-8-4-1-2-5-9(8)16-19(17,18)11-10(15-13)6-3-7-14-11/h1-7,15-16H,13H2. The van der Waals surface area contributed by atoms with Crippen molar-refractivity contribution >= 4 is 21.4 Å². The number of hydrogen-bond donors (Lipinski definition) is 3. The Labute approximate surface area is 109 Å². The van der Waals surface area contributed by atoms with Crippen molar-refractivity contribution in [1.82, 2.24) is 4.98 Å². The quantitative estimate of drug-likeness (QED) is 0.580. The van der Waals surface area contributed by atoms with Crippen molar-refractivity contribution in [3.05, 3.63) is 48.4 Å². The summed E-state index contributed by atoms with van der Waals surface area (Å²) in [5.41, 5.74) is 2.19. The van der Waals surface area contributed by atoms with E-state index in [1.165, 1.54) is 36.5 Å². The van der Waals surface area contributed by atoms with Crippen LogP contribution in [-0.4, -0.2) is 13.4 Å². The van der Waals surface area contributed by atoms with Crippen LogP contribution >= 0.6 is 0 Å². The highest BCUT2D eigenvalue weighted by Crippen LogP contribution is 2.21. The summed E-state index contributed by atoms with van der Waals surface area (Å²) in [6.45, 7) is 0. The van der Waals surface area contributed by atoms with E-state index in [1.54, 1.807) is 0 Å². The van der Waals surface area contributed by atoms with Crippen molar-refractivity contribution in [2.45, 2.75) is 5.03 Å². The van der Waals surface area contributed by atoms with Crippen LogP contribution in [0, 0.1) is 5.82 Å². The second-order valence-electron chi connectivity index (χ2n) is 3.59. The molecule has 0 fully saturated rings. The molecule has 8 heteroatoms. The second kappa shape index (κ2) is 5.21. The summed E-state index contributed by atoms with van der Waals surface area (Å²) < 4.78 is 39.7. The van der Waals surface area contributed by atoms with Crippen LogP contribution in [0.5, 0.6) is 0 Å². The molecule has 19 heavy (non-hydrogen) atoms. The fourth-order valence-electron chi connectivity index (χ4n) is 1.45. The van der Waals surface area contributed by atoms with Gasteiger partial charge in [0.15, 0.2) is 0 Å². The summed E-state index contributed by atoms with van der Waals surface area (Å²) in [6, 6.07) is 8.41. The maximum Gasteiger partial charge on any atom is 0.281 e. The fraction of sp³-hybridized carbons (Fsp3) is 0. The molecule has 1 aromatic heterocycles. The van der Waals surface area contributed by atoms with Crippen molar-refractivity contribution in [2.75, 3.05) is 10.1 Å². The Kier molecular flexibility index (Phi) is 3.63. The molecule has 0 atom stereocenters. The van der Waals surface area contributed by atoms with E-state index in [1.807, 2.05) is 0 Å². The average molecular weight is 282 g/mol. The molecule has 100 valence electrons. The number of benzene rings is 1. The smallest absolute Gasteiger partial charge is 0.281 e. The number of nitrogens with one attached hydrogen (secondary N) is 2. The zero-order chi connectivity index (χ0) is 13.9. The Balaban J connectivity index is 2.41. The number of hydrogen-bond acceptors (Lipinski definition) is 5. The van der Waals surface area contributed by atoms with Gasteiger partial charge in [-0.2, -0.15) is 8.42 Å². The number of halogens is 1. The van der Waals surface area contributed by atoms with E-state index in [4.69, 9.17) is 5.84 Å². The van der Waals surface area contributed by atoms with Crippen LogP contribution in [0.3, 0.4) is 0 Å². The number of aromatic nitrogens is 1. The molecule has 0 aliphatic rings. The molecule has 1 aromatic carbocycles. The van der Waals surface area contributed by atoms with Gasteiger partial charge in [0.05, 0.1) is 11.4 Å². The van der Waals surface area contributed by atoms with Gasteiger partial charge in [0.1, 0.15) is 5.82 Å². The van der Waals surface area contributed by atoms with Crippen LogP contribution < -0.4 is 16.0 Å². The van der Waals surface area contributed by atoms with Gasteiger partial charge in [0.2, 0.25) is 5.03 Å². The van der Waals surface area contributed by atoms with Crippen LogP contribution in [0.1, 0.15) is 0 Å². The summed E-state index contributed by atoms with van der Waals surface area (Å²) in [6.07, 6.45) is 1.30. The van der Waals surface area contributed by atoms with Crippen molar-refractivity contribution in [3.8, 4) is 0 Å². The third-order valence-corrected chi connectivity index (χ3v) is 3.62. The molecule has 0 bridgehead atoms. The van der Waals surface area contributed by atoms with E-state index in [0.717, 1.165) is 6.07 Å². The average Bonchev–Trinajstić information content (AvgIpc) is 2.41. The van der Waals surface area contributed by atoms with Crippen molar-refractivity contribution in [3.63, 3.8) is 0 Å². The number of pyridine rings is 1. The van der Waals surface area contributed by atoms with Gasteiger partial charge < -0.3 is 5.43 Å². The number of nitrogen functional groups attached to an aromatic ring is 1. The third-order valence-electron chi connectivity index (χ3n) is 2.30. The minimum Gasteiger partial charge on any atom is -0.321 e. The zero-order valence-corrected chi connectivity index (χ0v) is 10.5. The van der Waals surface area contributed by atoms with Crippen molar-refractivity contribution in [1.29, 1.82) is 0 Å². The minimum absolute atomic E-state index is 0.117. The molecule has 4 N–H and O–H groups in total. The Morgan fingerprint density at radius 2 is 1.79 bits per heavy atom. The molecule has 0 radical (unpaired) electrons. The van der Waals surface area contributed by atoms with E-state index >= 15 is 0 Å². The predicted octanol–water partition coefficient (Wildman–Crippen LogP) is 1.31. The lowest BCUT2D eigenvalue weighted by Crippen LogP contribution is -2.19. The van der Waals surface area contributed by atoms with Crippen LogP contribution in [0.4, 0.5) is 15.8 Å². The molecule has 0 unspecified atom stereocenters. The van der Waals surface area contributed by atoms with Gasteiger partial charge in [-0.3, -0.25) is 10.6 Å². The first-order valence-electron chi connectivity index (χ1n) is 5.23. The summed E-state index contributed by atoms with van der Waals surface area (Å²) in [7, 11) is -4.02. The SMILES string of the molecule is NNc1cccnc1S(=O)(=O)Nc1ccccc1F. The largest absolute Gasteiger partial charge is 0.321 e. The summed E-state index contributed by atoms with van der Waals surface area (Å²) in [5.74, 6) is 4.54. The summed E-state index contributed by atoms with van der Waals surface area (Å²) in [5, 5.41) is -0.305. The predicted molar refractivity (Wildman–Crippen MR) is 69.3 cm³/mol. The van der Waals surface area contributed by atoms with E-state index in [0.29, 0.717) is 0 Å². The Hall–Kier alpha value is -2.19. The number of hydrazine groups is 1. The first kappa shape index (κ1) is 13.2. The van der Waals surface area contributed by atoms with E-state index in [9.17, 15) is 12.8 Å². The number of nitrogens with zero attached hydrogens (tertiary/aromatic N) is 1. The number of nitrogens with two attached hydrogens (primary N) is 1. The minimum atomic E-state index is -4.02. The molecule has 0 aliphatic heterocycles. The molecular formula is C11H11FN4O2S. The van der Waals surface area contributed by atoms with Gasteiger partial charge in [0.25, 0.3) is 10.0 Å². The molecule has 2 rings (SSSR count). The molecule has 6 nitrogen and oxygen atoms in total. The lowest BCUT2D eigenvalue weighted by atomic mass is 10.3. The topological polar surface area (TPSA) is 97.1 Å². The highest BCUT2D eigenvalue weighted by Gasteiger charge is 2.21. The van der Waals surface area contributed by atoms with Crippen molar-refractivity contribution < 1.29 is 12.8 Å². The summed E-state index contributed by atoms with van der Waals surface area (Å²) in [4.78, 5) is 3.73. The number of para-hydroxylation sites is 1. The van der Waals surface area contributed by atoms with Crippen LogP contribution in [0.25, 0.3) is 0 Å². The molecule has 1 heterocycles. The first-order valence-corrected chi connectivity index (χ1v) is 6.72. The Bertz CT molecular complexity index is 691. The van der Waals surface area contributed by atoms with Crippen molar-refractivity contribution in [2.24, 2.45) is 5.84 Å². The van der Waals surface area contributed by atoms with Gasteiger partial charge in [-0.05, 0) is 24.3 Å². The molecule has 0 amide bonds. The Morgan fingerprint density at radius 3 is 2.47 bits per heavy atom. The first-order chi connectivity index (χ1) is 9.04. The summed E-state index contributed by atoms with van der Waals surface area (Å²) >= 11 is 0. The highest BCUT2D eigenvalue weighted by atomic mass is 32.2. The maximum atomic E-state index is 13.4. The molecular weight excluding hydrogens is 271 g/mol. The van der Waals surface area contributed by atoms with E-state index < -0.39 is 15.8 Å². The van der Waals surface area contributed by atoms with Crippen LogP contribution in [0.15, 0.2) is 47.6 Å². The zero-order valence-electron chi connectivity index (χ0n) is 9.67. The molecule has 2 aromatic rings. The van der Waals surface area contributed by atoms with Gasteiger partial charge >= 0.3 is 0 Å². The maximum absolute atomic E-state index is 13.4. The normalized spacial score (nSPS) is 11.1. The lowest BCUT2D eigenvalue weighted by Gasteiger charge is -2.11. The molecule has 0 spiro atoms. The number of anilines is 2. The van der Waals surface area contributed by atoms with Gasteiger partial charge in [0, 0.05) is 6.20 Å². The number of sulfonamides is 1. The lowest BCUT2D eigenvalue weighted by molar-refractivity contribution is 0.595.